The largest absolute Gasteiger partial charge is 0.497 e. The Balaban J connectivity index is 2.02. The molecular weight excluding hydrogens is 463 g/mol. The highest BCUT2D eigenvalue weighted by Gasteiger charge is 2.40. The van der Waals surface area contributed by atoms with Crippen molar-refractivity contribution in [2.45, 2.75) is 17.9 Å². The van der Waals surface area contributed by atoms with Gasteiger partial charge in [0.2, 0.25) is 0 Å². The normalized spacial score (nSPS) is 12.6. The second-order valence-corrected chi connectivity index (χ2v) is 7.68. The van der Waals surface area contributed by atoms with Crippen LogP contribution in [-0.4, -0.2) is 50.7 Å². The Labute approximate surface area is 201 Å². The average molecular weight is 489 g/mol. The Morgan fingerprint density at radius 3 is 1.71 bits per heavy atom. The quantitative estimate of drug-likeness (QED) is 0.420. The number of hydrogen-bond acceptors (Lipinski definition) is 5. The summed E-state index contributed by atoms with van der Waals surface area (Å²) in [7, 11) is 3.09. The fraction of sp³-hybridized carbons (Fsp3) is 0.269. The lowest BCUT2D eigenvalue weighted by Crippen LogP contribution is -2.43. The van der Waals surface area contributed by atoms with E-state index < -0.39 is 30.3 Å². The summed E-state index contributed by atoms with van der Waals surface area (Å²) in [6.45, 7) is -1.00. The first-order chi connectivity index (χ1) is 16.7. The molecule has 9 heteroatoms. The number of carbonyl (C=O) groups excluding carboxylic acids is 1. The predicted molar refractivity (Wildman–Crippen MR) is 123 cm³/mol. The van der Waals surface area contributed by atoms with Crippen LogP contribution in [0.2, 0.25) is 0 Å². The number of rotatable bonds is 10. The fourth-order valence-electron chi connectivity index (χ4n) is 3.67. The third-order valence-corrected chi connectivity index (χ3v) is 5.42. The van der Waals surface area contributed by atoms with Crippen LogP contribution >= 0.6 is 0 Å². The van der Waals surface area contributed by atoms with Crippen LogP contribution in [0.15, 0.2) is 78.9 Å². The van der Waals surface area contributed by atoms with Gasteiger partial charge in [-0.15, -0.1) is 0 Å². The molecule has 1 amide bonds. The summed E-state index contributed by atoms with van der Waals surface area (Å²) in [5.41, 5.74) is 0.874. The molecule has 0 radical (unpaired) electrons. The number of methoxy groups -OCH3 is 2. The molecule has 0 aliphatic heterocycles. The first-order valence-corrected chi connectivity index (χ1v) is 10.7. The third-order valence-electron chi connectivity index (χ3n) is 5.42. The summed E-state index contributed by atoms with van der Waals surface area (Å²) < 4.78 is 54.4. The first kappa shape index (κ1) is 26.1. The van der Waals surface area contributed by atoms with E-state index in [1.165, 1.54) is 0 Å². The molecule has 0 spiro atoms. The van der Waals surface area contributed by atoms with Crippen molar-refractivity contribution in [1.82, 2.24) is 5.32 Å². The molecule has 0 fully saturated rings. The first-order valence-electron chi connectivity index (χ1n) is 10.7. The van der Waals surface area contributed by atoms with Gasteiger partial charge in [-0.2, -0.15) is 13.2 Å². The zero-order valence-electron chi connectivity index (χ0n) is 19.2. The van der Waals surface area contributed by atoms with Crippen LogP contribution in [-0.2, 0) is 15.1 Å². The van der Waals surface area contributed by atoms with Crippen molar-refractivity contribution < 1.29 is 37.3 Å². The van der Waals surface area contributed by atoms with E-state index in [0.717, 1.165) is 5.56 Å². The van der Waals surface area contributed by atoms with Gasteiger partial charge >= 0.3 is 12.1 Å². The second-order valence-electron chi connectivity index (χ2n) is 7.68. The molecule has 3 rings (SSSR count). The van der Waals surface area contributed by atoms with Gasteiger partial charge in [-0.1, -0.05) is 54.6 Å². The molecule has 0 heterocycles. The molecule has 0 saturated heterocycles. The maximum Gasteiger partial charge on any atom is 0.471 e. The number of alkyl halides is 3. The number of carbonyl (C=O) groups is 1. The minimum absolute atomic E-state index is 0.370. The van der Waals surface area contributed by atoms with Gasteiger partial charge in [0.15, 0.2) is 0 Å². The lowest BCUT2D eigenvalue weighted by Gasteiger charge is -2.36. The Morgan fingerprint density at radius 2 is 1.29 bits per heavy atom. The minimum Gasteiger partial charge on any atom is -0.497 e. The molecule has 2 N–H and O–H groups in total. The van der Waals surface area contributed by atoms with Crippen LogP contribution in [0.4, 0.5) is 13.2 Å². The lowest BCUT2D eigenvalue weighted by atomic mass is 9.80. The van der Waals surface area contributed by atoms with Crippen molar-refractivity contribution >= 4 is 5.91 Å². The summed E-state index contributed by atoms with van der Waals surface area (Å²) in [4.78, 5) is 11.1. The van der Waals surface area contributed by atoms with Crippen LogP contribution in [0, 0.1) is 0 Å². The second kappa shape index (κ2) is 11.2. The zero-order valence-corrected chi connectivity index (χ0v) is 19.2. The van der Waals surface area contributed by atoms with Gasteiger partial charge in [0.25, 0.3) is 0 Å². The molecule has 0 unspecified atom stereocenters. The van der Waals surface area contributed by atoms with Crippen LogP contribution in [0.1, 0.15) is 16.7 Å². The summed E-state index contributed by atoms with van der Waals surface area (Å²) >= 11 is 0. The molecule has 3 aromatic carbocycles. The minimum atomic E-state index is -5.04. The van der Waals surface area contributed by atoms with Crippen LogP contribution in [0.25, 0.3) is 0 Å². The molecule has 3 aromatic rings. The van der Waals surface area contributed by atoms with Gasteiger partial charge in [-0.05, 0) is 41.0 Å². The smallest absolute Gasteiger partial charge is 0.471 e. The predicted octanol–water partition coefficient (Wildman–Crippen LogP) is 4.05. The highest BCUT2D eigenvalue weighted by Crippen LogP contribution is 2.41. The summed E-state index contributed by atoms with van der Waals surface area (Å²) in [5, 5.41) is 12.1. The lowest BCUT2D eigenvalue weighted by molar-refractivity contribution is -0.174. The fourth-order valence-corrected chi connectivity index (χ4v) is 3.67. The van der Waals surface area contributed by atoms with Crippen molar-refractivity contribution in [3.8, 4) is 11.5 Å². The number of nitrogens with one attached hydrogen (secondary N) is 1. The highest BCUT2D eigenvalue weighted by molar-refractivity contribution is 5.81. The number of aliphatic hydroxyl groups excluding tert-OH is 1. The van der Waals surface area contributed by atoms with E-state index in [4.69, 9.17) is 14.2 Å². The molecule has 35 heavy (non-hydrogen) atoms. The number of amides is 1. The van der Waals surface area contributed by atoms with Crippen LogP contribution in [0.5, 0.6) is 11.5 Å². The van der Waals surface area contributed by atoms with Crippen molar-refractivity contribution in [1.29, 1.82) is 0 Å². The summed E-state index contributed by atoms with van der Waals surface area (Å²) in [5.74, 6) is -0.878. The van der Waals surface area contributed by atoms with Gasteiger partial charge in [0.1, 0.15) is 17.1 Å². The monoisotopic (exact) mass is 489 g/mol. The van der Waals surface area contributed by atoms with E-state index >= 15 is 0 Å². The van der Waals surface area contributed by atoms with E-state index in [9.17, 15) is 23.1 Å². The number of aliphatic hydroxyl groups is 1. The van der Waals surface area contributed by atoms with Gasteiger partial charge in [-0.25, -0.2) is 0 Å². The van der Waals surface area contributed by atoms with E-state index in [0.29, 0.717) is 22.6 Å². The summed E-state index contributed by atoms with van der Waals surface area (Å²) in [6.07, 6.45) is -6.44. The topological polar surface area (TPSA) is 77.0 Å². The zero-order chi connectivity index (χ0) is 25.5. The molecule has 6 nitrogen and oxygen atoms in total. The van der Waals surface area contributed by atoms with Gasteiger partial charge in [0.05, 0.1) is 26.9 Å². The molecule has 0 bridgehead atoms. The molecule has 0 aliphatic carbocycles. The number of benzene rings is 3. The Morgan fingerprint density at radius 1 is 0.829 bits per heavy atom. The molecule has 0 aliphatic rings. The molecule has 0 saturated carbocycles. The SMILES string of the molecule is COc1ccc(C(OC[C@@H](O)CNC(=O)C(F)(F)F)(c2ccccc2)c2ccc(OC)cc2)cc1. The van der Waals surface area contributed by atoms with Crippen molar-refractivity contribution in [2.75, 3.05) is 27.4 Å². The number of ether oxygens (including phenoxy) is 3. The highest BCUT2D eigenvalue weighted by atomic mass is 19.4. The van der Waals surface area contributed by atoms with Gasteiger partial charge < -0.3 is 24.6 Å². The molecule has 0 aromatic heterocycles. The standard InChI is InChI=1S/C26H26F3NO5/c1-33-22-12-8-19(9-13-22)25(18-6-4-3-5-7-18,20-10-14-23(34-2)15-11-20)35-17-21(31)16-30-24(32)26(27,28)29/h3-15,21,31H,16-17H2,1-2H3,(H,30,32)/t21-/m0/s1. The molecule has 1 atom stereocenters. The maximum atomic E-state index is 12.5. The third kappa shape index (κ3) is 6.12. The van der Waals surface area contributed by atoms with Crippen LogP contribution < -0.4 is 14.8 Å². The van der Waals surface area contributed by atoms with E-state index in [1.54, 1.807) is 43.8 Å². The Bertz CT molecular complexity index is 1040. The van der Waals surface area contributed by atoms with E-state index in [-0.39, 0.29) is 6.61 Å². The number of hydrogen-bond donors (Lipinski definition) is 2. The maximum absolute atomic E-state index is 12.5. The Hall–Kier alpha value is -3.56. The molecular formula is C26H26F3NO5. The van der Waals surface area contributed by atoms with E-state index in [2.05, 4.69) is 0 Å². The summed E-state index contributed by atoms with van der Waals surface area (Å²) in [6, 6.07) is 23.5. The van der Waals surface area contributed by atoms with Gasteiger partial charge in [-0.3, -0.25) is 4.79 Å². The van der Waals surface area contributed by atoms with Crippen molar-refractivity contribution in [3.05, 3.63) is 95.6 Å². The van der Waals surface area contributed by atoms with Gasteiger partial charge in [0, 0.05) is 6.54 Å². The van der Waals surface area contributed by atoms with Crippen molar-refractivity contribution in [3.63, 3.8) is 0 Å². The number of halogens is 3. The van der Waals surface area contributed by atoms with Crippen molar-refractivity contribution in [2.24, 2.45) is 0 Å². The van der Waals surface area contributed by atoms with E-state index in [1.807, 2.05) is 54.6 Å². The van der Waals surface area contributed by atoms with Crippen LogP contribution in [0.3, 0.4) is 0 Å². The average Bonchev–Trinajstić information content (AvgIpc) is 2.88. The Kier molecular flexibility index (Phi) is 8.37. The molecule has 186 valence electrons.